The SMILES string of the molecule is CCNC(=NCCS(=O)(=O)C(C)(C)C)N1CCN(Cc2cccs2)CC1.I. The second-order valence-electron chi connectivity index (χ2n) is 7.51. The summed E-state index contributed by atoms with van der Waals surface area (Å²) in [5.41, 5.74) is 0. The van der Waals surface area contributed by atoms with E-state index in [1.807, 2.05) is 6.92 Å². The molecule has 0 aliphatic carbocycles. The molecular weight excluding hydrogens is 495 g/mol. The molecule has 0 aromatic carbocycles. The predicted octanol–water partition coefficient (Wildman–Crippen LogP) is 2.66. The minimum atomic E-state index is -3.14. The van der Waals surface area contributed by atoms with Crippen LogP contribution in [0.5, 0.6) is 0 Å². The van der Waals surface area contributed by atoms with E-state index in [4.69, 9.17) is 0 Å². The molecule has 0 radical (unpaired) electrons. The molecule has 0 spiro atoms. The maximum Gasteiger partial charge on any atom is 0.194 e. The van der Waals surface area contributed by atoms with Gasteiger partial charge in [-0.3, -0.25) is 9.89 Å². The standard InChI is InChI=1S/C18H32N4O2S2.HI/c1-5-19-17(20-8-14-26(23,24)18(2,3)4)22-11-9-21(10-12-22)15-16-7-6-13-25-16;/h6-7,13H,5,8-12,14-15H2,1-4H3,(H,19,20);1H. The molecule has 0 unspecified atom stereocenters. The Bertz CT molecular complexity index is 677. The number of sulfone groups is 1. The van der Waals surface area contributed by atoms with Crippen LogP contribution in [0.25, 0.3) is 0 Å². The van der Waals surface area contributed by atoms with Crippen molar-refractivity contribution in [3.05, 3.63) is 22.4 Å². The fourth-order valence-corrected chi connectivity index (χ4v) is 4.43. The third-order valence-electron chi connectivity index (χ3n) is 4.52. The fraction of sp³-hybridized carbons (Fsp3) is 0.722. The predicted molar refractivity (Wildman–Crippen MR) is 126 cm³/mol. The monoisotopic (exact) mass is 528 g/mol. The number of nitrogens with zero attached hydrogens (tertiary/aromatic N) is 3. The first-order chi connectivity index (χ1) is 12.2. The Morgan fingerprint density at radius 3 is 2.44 bits per heavy atom. The Morgan fingerprint density at radius 1 is 1.26 bits per heavy atom. The van der Waals surface area contributed by atoms with Gasteiger partial charge in [0.15, 0.2) is 15.8 Å². The average Bonchev–Trinajstić information content (AvgIpc) is 3.07. The van der Waals surface area contributed by atoms with Crippen LogP contribution in [0.2, 0.25) is 0 Å². The molecule has 156 valence electrons. The van der Waals surface area contributed by atoms with Crippen molar-refractivity contribution < 1.29 is 8.42 Å². The highest BCUT2D eigenvalue weighted by molar-refractivity contribution is 14.0. The summed E-state index contributed by atoms with van der Waals surface area (Å²) in [5.74, 6) is 0.913. The molecule has 2 heterocycles. The Labute approximate surface area is 185 Å². The lowest BCUT2D eigenvalue weighted by Crippen LogP contribution is -2.52. The smallest absolute Gasteiger partial charge is 0.194 e. The van der Waals surface area contributed by atoms with Crippen molar-refractivity contribution >= 4 is 51.1 Å². The zero-order valence-electron chi connectivity index (χ0n) is 16.8. The third-order valence-corrected chi connectivity index (χ3v) is 7.97. The van der Waals surface area contributed by atoms with E-state index in [1.54, 1.807) is 32.1 Å². The van der Waals surface area contributed by atoms with E-state index < -0.39 is 14.6 Å². The van der Waals surface area contributed by atoms with E-state index >= 15 is 0 Å². The van der Waals surface area contributed by atoms with Crippen LogP contribution < -0.4 is 5.32 Å². The number of piperazine rings is 1. The lowest BCUT2D eigenvalue weighted by Gasteiger charge is -2.36. The summed E-state index contributed by atoms with van der Waals surface area (Å²) in [6.07, 6.45) is 0. The second kappa shape index (κ2) is 11.0. The molecule has 6 nitrogen and oxygen atoms in total. The van der Waals surface area contributed by atoms with Crippen LogP contribution in [0, 0.1) is 0 Å². The van der Waals surface area contributed by atoms with Crippen molar-refractivity contribution in [2.24, 2.45) is 4.99 Å². The minimum Gasteiger partial charge on any atom is -0.357 e. The lowest BCUT2D eigenvalue weighted by atomic mass is 10.3. The topological polar surface area (TPSA) is 65.0 Å². The Morgan fingerprint density at radius 2 is 1.93 bits per heavy atom. The summed E-state index contributed by atoms with van der Waals surface area (Å²) in [5, 5.41) is 5.42. The van der Waals surface area contributed by atoms with Gasteiger partial charge in [-0.05, 0) is 39.1 Å². The van der Waals surface area contributed by atoms with Crippen LogP contribution >= 0.6 is 35.3 Å². The van der Waals surface area contributed by atoms with Gasteiger partial charge in [0.25, 0.3) is 0 Å². The molecule has 1 aromatic heterocycles. The Kier molecular flexibility index (Phi) is 10.0. The van der Waals surface area contributed by atoms with Crippen molar-refractivity contribution in [1.82, 2.24) is 15.1 Å². The van der Waals surface area contributed by atoms with Crippen molar-refractivity contribution in [3.63, 3.8) is 0 Å². The molecule has 1 aromatic rings. The molecule has 9 heteroatoms. The summed E-state index contributed by atoms with van der Waals surface area (Å²) >= 11 is 1.80. The molecule has 0 bridgehead atoms. The summed E-state index contributed by atoms with van der Waals surface area (Å²) in [7, 11) is -3.14. The first kappa shape index (κ1) is 24.6. The molecule has 0 atom stereocenters. The van der Waals surface area contributed by atoms with Gasteiger partial charge in [0.1, 0.15) is 0 Å². The molecule has 27 heavy (non-hydrogen) atoms. The van der Waals surface area contributed by atoms with Crippen molar-refractivity contribution in [1.29, 1.82) is 0 Å². The van der Waals surface area contributed by atoms with Crippen LogP contribution in [0.4, 0.5) is 0 Å². The van der Waals surface area contributed by atoms with Crippen LogP contribution in [0.1, 0.15) is 32.6 Å². The summed E-state index contributed by atoms with van der Waals surface area (Å²) < 4.78 is 23.8. The second-order valence-corrected chi connectivity index (χ2v) is 11.4. The van der Waals surface area contributed by atoms with E-state index in [0.717, 1.165) is 45.2 Å². The molecule has 1 aliphatic heterocycles. The minimum absolute atomic E-state index is 0. The van der Waals surface area contributed by atoms with Crippen molar-refractivity contribution in [2.45, 2.75) is 39.0 Å². The number of aliphatic imine (C=N–C) groups is 1. The Hall–Kier alpha value is -0.390. The lowest BCUT2D eigenvalue weighted by molar-refractivity contribution is 0.174. The van der Waals surface area contributed by atoms with Gasteiger partial charge in [-0.1, -0.05) is 6.07 Å². The molecule has 0 saturated carbocycles. The highest BCUT2D eigenvalue weighted by Gasteiger charge is 2.28. The molecule has 1 fully saturated rings. The van der Waals surface area contributed by atoms with Crippen molar-refractivity contribution in [2.75, 3.05) is 45.0 Å². The van der Waals surface area contributed by atoms with Gasteiger partial charge >= 0.3 is 0 Å². The summed E-state index contributed by atoms with van der Waals surface area (Å²) in [4.78, 5) is 10.7. The fourth-order valence-electron chi connectivity index (χ4n) is 2.74. The molecule has 1 N–H and O–H groups in total. The van der Waals surface area contributed by atoms with Gasteiger partial charge in [0.2, 0.25) is 0 Å². The largest absolute Gasteiger partial charge is 0.357 e. The zero-order chi connectivity index (χ0) is 19.2. The van der Waals surface area contributed by atoms with Gasteiger partial charge in [-0.15, -0.1) is 35.3 Å². The number of hydrogen-bond acceptors (Lipinski definition) is 5. The van der Waals surface area contributed by atoms with Crippen molar-refractivity contribution in [3.8, 4) is 0 Å². The van der Waals surface area contributed by atoms with Crippen LogP contribution in [-0.2, 0) is 16.4 Å². The van der Waals surface area contributed by atoms with Gasteiger partial charge in [0.05, 0.1) is 17.0 Å². The molecule has 1 saturated heterocycles. The molecule has 1 aliphatic rings. The van der Waals surface area contributed by atoms with E-state index in [2.05, 4.69) is 37.6 Å². The normalized spacial score (nSPS) is 16.9. The third kappa shape index (κ3) is 7.51. The van der Waals surface area contributed by atoms with Crippen LogP contribution in [-0.4, -0.2) is 73.9 Å². The number of nitrogens with one attached hydrogen (secondary N) is 1. The average molecular weight is 529 g/mol. The number of halogens is 1. The number of guanidine groups is 1. The highest BCUT2D eigenvalue weighted by atomic mass is 127. The first-order valence-corrected chi connectivity index (χ1v) is 11.8. The molecule has 0 amide bonds. The van der Waals surface area contributed by atoms with E-state index in [9.17, 15) is 8.42 Å². The van der Waals surface area contributed by atoms with Gasteiger partial charge in [-0.2, -0.15) is 0 Å². The maximum atomic E-state index is 12.3. The van der Waals surface area contributed by atoms with Gasteiger partial charge in [-0.25, -0.2) is 8.42 Å². The van der Waals surface area contributed by atoms with Gasteiger partial charge < -0.3 is 10.2 Å². The highest BCUT2D eigenvalue weighted by Crippen LogP contribution is 2.16. The number of thiophene rings is 1. The molecular formula is C18H33IN4O2S2. The van der Waals surface area contributed by atoms with E-state index in [-0.39, 0.29) is 29.7 Å². The van der Waals surface area contributed by atoms with Crippen LogP contribution in [0.15, 0.2) is 22.5 Å². The van der Waals surface area contributed by atoms with Crippen LogP contribution in [0.3, 0.4) is 0 Å². The number of hydrogen-bond donors (Lipinski definition) is 1. The Balaban J connectivity index is 0.00000364. The summed E-state index contributed by atoms with van der Waals surface area (Å²) in [6, 6.07) is 4.27. The quantitative estimate of drug-likeness (QED) is 0.350. The van der Waals surface area contributed by atoms with E-state index in [0.29, 0.717) is 6.54 Å². The number of rotatable bonds is 6. The maximum absolute atomic E-state index is 12.3. The van der Waals surface area contributed by atoms with Gasteiger partial charge in [0, 0.05) is 44.1 Å². The zero-order valence-corrected chi connectivity index (χ0v) is 20.7. The molecule has 2 rings (SSSR count). The van der Waals surface area contributed by atoms with E-state index in [1.165, 1.54) is 4.88 Å². The summed E-state index contributed by atoms with van der Waals surface area (Å²) in [6.45, 7) is 13.1. The first-order valence-electron chi connectivity index (χ1n) is 9.23.